The fraction of sp³-hybridized carbons (Fsp3) is 0.588. The molecule has 0 aliphatic carbocycles. The molecule has 0 spiro atoms. The van der Waals surface area contributed by atoms with Crippen molar-refractivity contribution in [1.29, 1.82) is 0 Å². The van der Waals surface area contributed by atoms with Crippen molar-refractivity contribution < 1.29 is 22.1 Å². The maximum absolute atomic E-state index is 12.3. The van der Waals surface area contributed by atoms with Crippen LogP contribution in [0.25, 0.3) is 0 Å². The Morgan fingerprint density at radius 2 is 1.00 bits per heavy atom. The van der Waals surface area contributed by atoms with Gasteiger partial charge < -0.3 is 8.94 Å². The minimum absolute atomic E-state index is 0.0265. The molecule has 0 unspecified atom stereocenters. The Labute approximate surface area is 393 Å². The molecular formula is C51H79F3N10O2. The summed E-state index contributed by atoms with van der Waals surface area (Å²) in [5.41, 5.74) is 4.93. The lowest BCUT2D eigenvalue weighted by molar-refractivity contribution is -0.141. The first kappa shape index (κ1) is 58.7. The highest BCUT2D eigenvalue weighted by molar-refractivity contribution is 5.19. The van der Waals surface area contributed by atoms with Crippen LogP contribution in [-0.2, 0) is 45.7 Å². The molecule has 0 N–H and O–H groups in total. The maximum atomic E-state index is 12.3. The van der Waals surface area contributed by atoms with Crippen molar-refractivity contribution in [2.24, 2.45) is 7.05 Å². The zero-order chi connectivity index (χ0) is 51.3. The van der Waals surface area contributed by atoms with Crippen molar-refractivity contribution >= 4 is 0 Å². The third-order valence-corrected chi connectivity index (χ3v) is 8.79. The molecule has 0 aliphatic heterocycles. The van der Waals surface area contributed by atoms with Crippen molar-refractivity contribution in [2.75, 3.05) is 0 Å². The highest BCUT2D eigenvalue weighted by Gasteiger charge is 2.33. The smallest absolute Gasteiger partial charge is 0.433 e. The van der Waals surface area contributed by atoms with E-state index in [1.165, 1.54) is 6.07 Å². The number of aryl methyl sites for hydroxylation is 5. The first-order valence-electron chi connectivity index (χ1n) is 22.1. The standard InChI is InChI=1S/C10H12F3N.2C9H14N2.C8H14N2.C8H13NO.C7H12N2O/c1-9(2,3)7-5-4-6-8(14-7)10(11,12)13;1-7-5-10-6-8(11-7)9(2,3)4;1-7-10-6-5-8(11-7)9(2,3)4;1-8(2,3)7-5-6-10(4)9-7;1-6-5-10-7(9-6)8(2,3)4;1-5-8-6(10-9-5)7(2,3)4/h4-6H,1-3H3;2*5-6H,1-4H3;5-6H,1-4H3;5H,1-4H3;1-4H3. The lowest BCUT2D eigenvalue weighted by atomic mass is 9.91. The second kappa shape index (κ2) is 23.4. The molecule has 6 heterocycles. The third kappa shape index (κ3) is 22.2. The number of alkyl halides is 3. The molecule has 15 heteroatoms. The molecule has 6 aromatic rings. The van der Waals surface area contributed by atoms with Crippen LogP contribution < -0.4 is 0 Å². The van der Waals surface area contributed by atoms with Gasteiger partial charge in [-0.2, -0.15) is 23.3 Å². The molecule has 366 valence electrons. The Balaban J connectivity index is 0.000000398. The van der Waals surface area contributed by atoms with Crippen LogP contribution in [0.15, 0.2) is 70.3 Å². The molecule has 66 heavy (non-hydrogen) atoms. The van der Waals surface area contributed by atoms with E-state index in [4.69, 9.17) is 8.94 Å². The first-order valence-corrected chi connectivity index (χ1v) is 22.1. The van der Waals surface area contributed by atoms with Gasteiger partial charge in [-0.05, 0) is 52.0 Å². The molecule has 0 saturated heterocycles. The van der Waals surface area contributed by atoms with E-state index in [2.05, 4.69) is 134 Å². The Morgan fingerprint density at radius 1 is 0.485 bits per heavy atom. The molecule has 0 radical (unpaired) electrons. The third-order valence-electron chi connectivity index (χ3n) is 8.79. The van der Waals surface area contributed by atoms with Crippen molar-refractivity contribution in [3.8, 4) is 0 Å². The second-order valence-corrected chi connectivity index (χ2v) is 22.3. The fourth-order valence-electron chi connectivity index (χ4n) is 4.82. The monoisotopic (exact) mass is 921 g/mol. The highest BCUT2D eigenvalue weighted by atomic mass is 19.4. The van der Waals surface area contributed by atoms with Crippen molar-refractivity contribution in [3.05, 3.63) is 125 Å². The molecule has 0 aliphatic rings. The largest absolute Gasteiger partial charge is 0.448 e. The van der Waals surface area contributed by atoms with E-state index in [1.807, 2.05) is 106 Å². The molecule has 12 nitrogen and oxygen atoms in total. The molecule has 0 aromatic carbocycles. The lowest BCUT2D eigenvalue weighted by Gasteiger charge is -2.18. The molecular weight excluding hydrogens is 842 g/mol. The summed E-state index contributed by atoms with van der Waals surface area (Å²) < 4.78 is 48.9. The van der Waals surface area contributed by atoms with Crippen LogP contribution in [0.5, 0.6) is 0 Å². The number of pyridine rings is 1. The molecule has 0 saturated carbocycles. The van der Waals surface area contributed by atoms with E-state index in [-0.39, 0.29) is 32.5 Å². The summed E-state index contributed by atoms with van der Waals surface area (Å²) >= 11 is 0. The Morgan fingerprint density at radius 3 is 1.30 bits per heavy atom. The quantitative estimate of drug-likeness (QED) is 0.143. The minimum Gasteiger partial charge on any atom is -0.448 e. The van der Waals surface area contributed by atoms with E-state index in [1.54, 1.807) is 18.5 Å². The molecule has 0 atom stereocenters. The van der Waals surface area contributed by atoms with Crippen LogP contribution in [0, 0.1) is 27.7 Å². The molecule has 6 rings (SSSR count). The molecule has 0 bridgehead atoms. The number of oxazole rings is 1. The number of rotatable bonds is 0. The van der Waals surface area contributed by atoms with Crippen molar-refractivity contribution in [1.82, 2.24) is 49.8 Å². The summed E-state index contributed by atoms with van der Waals surface area (Å²) in [4.78, 5) is 28.8. The minimum atomic E-state index is -4.36. The van der Waals surface area contributed by atoms with Gasteiger partial charge in [0.1, 0.15) is 17.8 Å². The Bertz CT molecular complexity index is 2130. The molecule has 0 fully saturated rings. The van der Waals surface area contributed by atoms with Gasteiger partial charge in [-0.15, -0.1) is 0 Å². The predicted octanol–water partition coefficient (Wildman–Crippen LogP) is 13.2. The van der Waals surface area contributed by atoms with Crippen LogP contribution in [0.3, 0.4) is 0 Å². The van der Waals surface area contributed by atoms with Crippen LogP contribution >= 0.6 is 0 Å². The lowest BCUT2D eigenvalue weighted by Crippen LogP contribution is -2.17. The SMILES string of the molecule is CC(C)(C)c1cccc(C(F)(F)F)n1.Cc1cncc(C(C)(C)C)n1.Cc1coc(C(C)(C)C)n1.Cc1nccc(C(C)(C)C)n1.Cc1noc(C(C)(C)C)n1.Cn1ccc(C(C)(C)C)n1. The van der Waals surface area contributed by atoms with E-state index < -0.39 is 11.9 Å². The van der Waals surface area contributed by atoms with Crippen LogP contribution in [0.2, 0.25) is 0 Å². The van der Waals surface area contributed by atoms with Gasteiger partial charge in [0.15, 0.2) is 11.7 Å². The Hall–Kier alpha value is -5.34. The van der Waals surface area contributed by atoms with Crippen LogP contribution in [0.1, 0.15) is 188 Å². The van der Waals surface area contributed by atoms with Gasteiger partial charge in [-0.1, -0.05) is 136 Å². The van der Waals surface area contributed by atoms with Gasteiger partial charge in [-0.3, -0.25) is 14.6 Å². The van der Waals surface area contributed by atoms with E-state index in [9.17, 15) is 13.2 Å². The zero-order valence-electron chi connectivity index (χ0n) is 44.2. The normalized spacial score (nSPS) is 12.1. The summed E-state index contributed by atoms with van der Waals surface area (Å²) in [6.45, 7) is 44.8. The van der Waals surface area contributed by atoms with E-state index >= 15 is 0 Å². The van der Waals surface area contributed by atoms with Crippen LogP contribution in [-0.4, -0.2) is 49.8 Å². The number of hydrogen-bond donors (Lipinski definition) is 0. The van der Waals surface area contributed by atoms with Gasteiger partial charge in [0.05, 0.1) is 22.8 Å². The summed E-state index contributed by atoms with van der Waals surface area (Å²) in [6.07, 6.45) is 4.70. The Kier molecular flexibility index (Phi) is 20.8. The number of halogens is 3. The van der Waals surface area contributed by atoms with Gasteiger partial charge in [0, 0.05) is 75.7 Å². The van der Waals surface area contributed by atoms with E-state index in [0.717, 1.165) is 46.3 Å². The first-order chi connectivity index (χ1) is 29.7. The zero-order valence-corrected chi connectivity index (χ0v) is 44.2. The van der Waals surface area contributed by atoms with Crippen molar-refractivity contribution in [3.63, 3.8) is 0 Å². The summed E-state index contributed by atoms with van der Waals surface area (Å²) in [5.74, 6) is 3.05. The summed E-state index contributed by atoms with van der Waals surface area (Å²) in [5, 5.41) is 8.00. The number of nitrogens with zero attached hydrogens (tertiary/aromatic N) is 10. The second-order valence-electron chi connectivity index (χ2n) is 22.3. The summed E-state index contributed by atoms with van der Waals surface area (Å²) in [6, 6.07) is 7.99. The topological polar surface area (TPSA) is 147 Å². The average Bonchev–Trinajstić information content (AvgIpc) is 3.93. The van der Waals surface area contributed by atoms with Gasteiger partial charge in [-0.25, -0.2) is 19.9 Å². The fourth-order valence-corrected chi connectivity index (χ4v) is 4.82. The van der Waals surface area contributed by atoms with E-state index in [0.29, 0.717) is 17.4 Å². The van der Waals surface area contributed by atoms with Crippen LogP contribution in [0.4, 0.5) is 13.2 Å². The predicted molar refractivity (Wildman–Crippen MR) is 258 cm³/mol. The average molecular weight is 921 g/mol. The number of hydrogen-bond acceptors (Lipinski definition) is 11. The van der Waals surface area contributed by atoms with Gasteiger partial charge >= 0.3 is 6.18 Å². The molecule has 0 amide bonds. The van der Waals surface area contributed by atoms with Gasteiger partial charge in [0.2, 0.25) is 5.89 Å². The van der Waals surface area contributed by atoms with Crippen molar-refractivity contribution in [2.45, 2.75) is 191 Å². The number of aromatic nitrogens is 10. The van der Waals surface area contributed by atoms with Gasteiger partial charge in [0.25, 0.3) is 0 Å². The summed E-state index contributed by atoms with van der Waals surface area (Å²) in [7, 11) is 1.94. The maximum Gasteiger partial charge on any atom is 0.433 e. The molecule has 6 aromatic heterocycles. The highest BCUT2D eigenvalue weighted by Crippen LogP contribution is 2.30.